The van der Waals surface area contributed by atoms with Crippen LogP contribution in [0.3, 0.4) is 0 Å². The van der Waals surface area contributed by atoms with Crippen molar-refractivity contribution in [3.05, 3.63) is 0 Å². The molecule has 2 aliphatic rings. The van der Waals surface area contributed by atoms with E-state index in [-0.39, 0.29) is 5.54 Å². The molecule has 2 atom stereocenters. The largest absolute Gasteiger partial charge is 0.381 e. The molecule has 0 aromatic heterocycles. The van der Waals surface area contributed by atoms with Crippen molar-refractivity contribution in [2.24, 2.45) is 17.6 Å². The first-order chi connectivity index (χ1) is 8.14. The summed E-state index contributed by atoms with van der Waals surface area (Å²) >= 11 is 0. The maximum absolute atomic E-state index is 6.02. The molecule has 2 rings (SSSR count). The molecule has 100 valence electrons. The number of hydrogen-bond donors (Lipinski definition) is 1. The minimum atomic E-state index is 0.193. The average Bonchev–Trinajstić information content (AvgIpc) is 3.14. The van der Waals surface area contributed by atoms with E-state index in [2.05, 4.69) is 18.9 Å². The molecular formula is C14H28N2O. The van der Waals surface area contributed by atoms with Gasteiger partial charge in [-0.2, -0.15) is 0 Å². The van der Waals surface area contributed by atoms with Crippen LogP contribution in [-0.2, 0) is 4.74 Å². The molecule has 3 heteroatoms. The van der Waals surface area contributed by atoms with Crippen LogP contribution in [0.25, 0.3) is 0 Å². The number of nitrogens with zero attached hydrogens (tertiary/aromatic N) is 1. The van der Waals surface area contributed by atoms with Crippen molar-refractivity contribution in [2.45, 2.75) is 44.6 Å². The molecule has 0 aromatic rings. The quantitative estimate of drug-likeness (QED) is 0.770. The molecule has 1 aliphatic carbocycles. The zero-order chi connectivity index (χ0) is 12.3. The minimum absolute atomic E-state index is 0.193. The topological polar surface area (TPSA) is 38.5 Å². The third-order valence-corrected chi connectivity index (χ3v) is 4.57. The minimum Gasteiger partial charge on any atom is -0.381 e. The van der Waals surface area contributed by atoms with Crippen molar-refractivity contribution in [3.8, 4) is 0 Å². The van der Waals surface area contributed by atoms with Crippen LogP contribution in [0, 0.1) is 11.8 Å². The van der Waals surface area contributed by atoms with Gasteiger partial charge in [0.15, 0.2) is 0 Å². The highest BCUT2D eigenvalue weighted by molar-refractivity contribution is 4.92. The van der Waals surface area contributed by atoms with E-state index in [0.717, 1.165) is 32.2 Å². The summed E-state index contributed by atoms with van der Waals surface area (Å²) in [6.45, 7) is 6.13. The maximum atomic E-state index is 6.02. The lowest BCUT2D eigenvalue weighted by atomic mass is 9.91. The molecule has 1 aliphatic heterocycles. The van der Waals surface area contributed by atoms with E-state index >= 15 is 0 Å². The van der Waals surface area contributed by atoms with Crippen LogP contribution >= 0.6 is 0 Å². The van der Waals surface area contributed by atoms with Gasteiger partial charge in [-0.25, -0.2) is 0 Å². The van der Waals surface area contributed by atoms with Crippen molar-refractivity contribution in [3.63, 3.8) is 0 Å². The molecule has 1 saturated carbocycles. The van der Waals surface area contributed by atoms with Crippen LogP contribution in [0.2, 0.25) is 0 Å². The third-order valence-electron chi connectivity index (χ3n) is 4.57. The van der Waals surface area contributed by atoms with Gasteiger partial charge in [0.25, 0.3) is 0 Å². The molecule has 1 saturated heterocycles. The van der Waals surface area contributed by atoms with Crippen molar-refractivity contribution < 1.29 is 4.74 Å². The molecule has 0 radical (unpaired) electrons. The Balaban J connectivity index is 1.83. The average molecular weight is 240 g/mol. The summed E-state index contributed by atoms with van der Waals surface area (Å²) in [6, 6.07) is 0. The molecule has 2 unspecified atom stereocenters. The first-order valence-electron chi connectivity index (χ1n) is 7.13. The summed E-state index contributed by atoms with van der Waals surface area (Å²) in [4.78, 5) is 2.49. The molecule has 3 nitrogen and oxygen atoms in total. The predicted molar refractivity (Wildman–Crippen MR) is 71.0 cm³/mol. The molecule has 2 fully saturated rings. The highest BCUT2D eigenvalue weighted by atomic mass is 16.5. The fourth-order valence-corrected chi connectivity index (χ4v) is 2.90. The van der Waals surface area contributed by atoms with E-state index in [1.807, 2.05) is 0 Å². The van der Waals surface area contributed by atoms with Gasteiger partial charge in [-0.3, -0.25) is 4.90 Å². The van der Waals surface area contributed by atoms with E-state index in [1.165, 1.54) is 32.1 Å². The van der Waals surface area contributed by atoms with Gasteiger partial charge in [0.1, 0.15) is 0 Å². The van der Waals surface area contributed by atoms with E-state index in [1.54, 1.807) is 0 Å². The molecule has 2 N–H and O–H groups in total. The Morgan fingerprint density at radius 1 is 1.29 bits per heavy atom. The van der Waals surface area contributed by atoms with E-state index in [9.17, 15) is 0 Å². The fourth-order valence-electron chi connectivity index (χ4n) is 2.90. The van der Waals surface area contributed by atoms with Crippen LogP contribution in [0.15, 0.2) is 0 Å². The highest BCUT2D eigenvalue weighted by Crippen LogP contribution is 2.38. The van der Waals surface area contributed by atoms with Gasteiger partial charge in [0, 0.05) is 25.2 Å². The summed E-state index contributed by atoms with van der Waals surface area (Å²) in [5, 5.41) is 0. The lowest BCUT2D eigenvalue weighted by molar-refractivity contribution is 0.0211. The van der Waals surface area contributed by atoms with Gasteiger partial charge in [-0.15, -0.1) is 0 Å². The number of nitrogens with two attached hydrogens (primary N) is 1. The van der Waals surface area contributed by atoms with Gasteiger partial charge in [0.2, 0.25) is 0 Å². The summed E-state index contributed by atoms with van der Waals surface area (Å²) in [6.07, 6.45) is 6.63. The van der Waals surface area contributed by atoms with Gasteiger partial charge in [-0.1, -0.05) is 12.8 Å². The van der Waals surface area contributed by atoms with Crippen molar-refractivity contribution in [1.82, 2.24) is 4.90 Å². The van der Waals surface area contributed by atoms with Crippen molar-refractivity contribution in [2.75, 3.05) is 33.4 Å². The fraction of sp³-hybridized carbons (Fsp3) is 1.00. The normalized spacial score (nSPS) is 29.3. The Bertz CT molecular complexity index is 236. The summed E-state index contributed by atoms with van der Waals surface area (Å²) in [5.74, 6) is 1.65. The van der Waals surface area contributed by atoms with Crippen LogP contribution < -0.4 is 5.73 Å². The summed E-state index contributed by atoms with van der Waals surface area (Å²) < 4.78 is 5.56. The van der Waals surface area contributed by atoms with Gasteiger partial charge >= 0.3 is 0 Å². The number of ether oxygens (including phenoxy) is 1. The van der Waals surface area contributed by atoms with Crippen LogP contribution in [0.5, 0.6) is 0 Å². The molecule has 0 aromatic carbocycles. The monoisotopic (exact) mass is 240 g/mol. The van der Waals surface area contributed by atoms with E-state index in [4.69, 9.17) is 10.5 Å². The second-order valence-electron chi connectivity index (χ2n) is 6.31. The first-order valence-corrected chi connectivity index (χ1v) is 7.13. The lowest BCUT2D eigenvalue weighted by Crippen LogP contribution is -2.52. The molecular weight excluding hydrogens is 212 g/mol. The van der Waals surface area contributed by atoms with Gasteiger partial charge in [0.05, 0.1) is 6.61 Å². The Labute approximate surface area is 106 Å². The molecule has 0 amide bonds. The second kappa shape index (κ2) is 5.68. The predicted octanol–water partition coefficient (Wildman–Crippen LogP) is 1.86. The van der Waals surface area contributed by atoms with Crippen molar-refractivity contribution in [1.29, 1.82) is 0 Å². The number of likely N-dealkylation sites (N-methyl/N-ethyl adjacent to an activating group) is 1. The Hall–Kier alpha value is -0.120. The second-order valence-corrected chi connectivity index (χ2v) is 6.31. The zero-order valence-electron chi connectivity index (χ0n) is 11.5. The first kappa shape index (κ1) is 13.3. The molecule has 17 heavy (non-hydrogen) atoms. The SMILES string of the molecule is CN(CC1CCCOC1)C(C)(CN)CC1CC1. The smallest absolute Gasteiger partial charge is 0.0506 e. The van der Waals surface area contributed by atoms with Gasteiger partial charge < -0.3 is 10.5 Å². The zero-order valence-corrected chi connectivity index (χ0v) is 11.5. The molecule has 0 spiro atoms. The number of hydrogen-bond acceptors (Lipinski definition) is 3. The standard InChI is InChI=1S/C14H28N2O/c1-14(11-15,8-12-5-6-12)16(2)9-13-4-3-7-17-10-13/h12-13H,3-11,15H2,1-2H3. The van der Waals surface area contributed by atoms with E-state index in [0.29, 0.717) is 5.92 Å². The number of rotatable bonds is 6. The van der Waals surface area contributed by atoms with Crippen LogP contribution in [0.4, 0.5) is 0 Å². The van der Waals surface area contributed by atoms with Gasteiger partial charge in [-0.05, 0) is 45.1 Å². The molecule has 0 bridgehead atoms. The maximum Gasteiger partial charge on any atom is 0.0506 e. The Morgan fingerprint density at radius 2 is 2.06 bits per heavy atom. The van der Waals surface area contributed by atoms with Crippen LogP contribution in [-0.4, -0.2) is 43.8 Å². The summed E-state index contributed by atoms with van der Waals surface area (Å²) in [5.41, 5.74) is 6.21. The lowest BCUT2D eigenvalue weighted by Gasteiger charge is -2.41. The third kappa shape index (κ3) is 3.67. The van der Waals surface area contributed by atoms with Crippen molar-refractivity contribution >= 4 is 0 Å². The summed E-state index contributed by atoms with van der Waals surface area (Å²) in [7, 11) is 2.24. The van der Waals surface area contributed by atoms with E-state index < -0.39 is 0 Å². The molecule has 1 heterocycles. The Kier molecular flexibility index (Phi) is 4.45. The Morgan fingerprint density at radius 3 is 2.59 bits per heavy atom. The van der Waals surface area contributed by atoms with Crippen LogP contribution in [0.1, 0.15) is 39.0 Å². The highest BCUT2D eigenvalue weighted by Gasteiger charge is 2.36.